The van der Waals surface area contributed by atoms with Crippen molar-refractivity contribution >= 4 is 5.97 Å². The van der Waals surface area contributed by atoms with Gasteiger partial charge in [-0.2, -0.15) is 0 Å². The second kappa shape index (κ2) is 5.11. The minimum Gasteiger partial charge on any atom is -0.480 e. The number of benzene rings is 1. The lowest BCUT2D eigenvalue weighted by molar-refractivity contribution is -0.144. The van der Waals surface area contributed by atoms with Gasteiger partial charge in [-0.15, -0.1) is 0 Å². The molecule has 1 aliphatic carbocycles. The minimum atomic E-state index is -0.807. The molecular formula is C15H21NO2. The van der Waals surface area contributed by atoms with Crippen LogP contribution in [0.4, 0.5) is 0 Å². The van der Waals surface area contributed by atoms with Gasteiger partial charge in [0.05, 0.1) is 0 Å². The number of hydrogen-bond donors (Lipinski definition) is 2. The summed E-state index contributed by atoms with van der Waals surface area (Å²) in [4.78, 5) is 11.7. The number of nitrogens with one attached hydrogen (secondary N) is 1. The molecule has 1 aromatic rings. The van der Waals surface area contributed by atoms with Crippen molar-refractivity contribution in [1.82, 2.24) is 5.32 Å². The molecule has 2 rings (SSSR count). The van der Waals surface area contributed by atoms with E-state index in [9.17, 15) is 9.90 Å². The molecule has 0 saturated heterocycles. The molecule has 3 heteroatoms. The van der Waals surface area contributed by atoms with Gasteiger partial charge in [-0.1, -0.05) is 37.6 Å². The zero-order valence-corrected chi connectivity index (χ0v) is 11.1. The van der Waals surface area contributed by atoms with Gasteiger partial charge in [0.25, 0.3) is 0 Å². The van der Waals surface area contributed by atoms with Gasteiger partial charge in [0.2, 0.25) is 0 Å². The average molecular weight is 247 g/mol. The summed E-state index contributed by atoms with van der Waals surface area (Å²) in [5.41, 5.74) is 1.52. The van der Waals surface area contributed by atoms with Crippen molar-refractivity contribution in [2.24, 2.45) is 0 Å². The maximum atomic E-state index is 11.7. The molecule has 0 heterocycles. The van der Waals surface area contributed by atoms with E-state index in [0.29, 0.717) is 12.8 Å². The van der Waals surface area contributed by atoms with E-state index in [2.05, 4.69) is 19.2 Å². The number of carboxylic acids is 1. The van der Waals surface area contributed by atoms with Gasteiger partial charge in [0, 0.05) is 18.9 Å². The van der Waals surface area contributed by atoms with Crippen LogP contribution < -0.4 is 5.32 Å². The lowest BCUT2D eigenvalue weighted by atomic mass is 9.94. The summed E-state index contributed by atoms with van der Waals surface area (Å²) in [5, 5.41) is 12.9. The quantitative estimate of drug-likeness (QED) is 0.840. The molecule has 1 aromatic carbocycles. The van der Waals surface area contributed by atoms with Gasteiger partial charge in [0.15, 0.2) is 0 Å². The van der Waals surface area contributed by atoms with Gasteiger partial charge in [-0.05, 0) is 24.5 Å². The normalized spacial score (nSPS) is 18.3. The molecule has 1 unspecified atom stereocenters. The van der Waals surface area contributed by atoms with Gasteiger partial charge in [0.1, 0.15) is 5.54 Å². The van der Waals surface area contributed by atoms with Crippen LogP contribution in [0.2, 0.25) is 0 Å². The molecule has 2 N–H and O–H groups in total. The molecule has 18 heavy (non-hydrogen) atoms. The van der Waals surface area contributed by atoms with E-state index in [0.717, 1.165) is 24.0 Å². The molecule has 0 spiro atoms. The first kappa shape index (κ1) is 13.1. The molecule has 1 atom stereocenters. The van der Waals surface area contributed by atoms with E-state index in [4.69, 9.17) is 0 Å². The number of carboxylic acid groups (broad SMARTS) is 1. The van der Waals surface area contributed by atoms with Crippen LogP contribution in [0.25, 0.3) is 0 Å². The maximum Gasteiger partial charge on any atom is 0.324 e. The van der Waals surface area contributed by atoms with E-state index >= 15 is 0 Å². The average Bonchev–Trinajstić information content (AvgIpc) is 2.68. The van der Waals surface area contributed by atoms with Gasteiger partial charge in [-0.3, -0.25) is 10.1 Å². The summed E-state index contributed by atoms with van der Waals surface area (Å²) in [7, 11) is 0. The predicted molar refractivity (Wildman–Crippen MR) is 71.7 cm³/mol. The van der Waals surface area contributed by atoms with Crippen LogP contribution in [-0.2, 0) is 17.6 Å². The molecule has 0 amide bonds. The third-order valence-electron chi connectivity index (χ3n) is 3.76. The summed E-state index contributed by atoms with van der Waals surface area (Å²) < 4.78 is 0. The Morgan fingerprint density at radius 1 is 1.39 bits per heavy atom. The van der Waals surface area contributed by atoms with Crippen molar-refractivity contribution in [3.05, 3.63) is 35.4 Å². The van der Waals surface area contributed by atoms with Crippen molar-refractivity contribution in [3.63, 3.8) is 0 Å². The number of hydrogen-bond acceptors (Lipinski definition) is 2. The fourth-order valence-corrected chi connectivity index (χ4v) is 2.91. The fourth-order valence-electron chi connectivity index (χ4n) is 2.91. The first-order valence-corrected chi connectivity index (χ1v) is 6.65. The van der Waals surface area contributed by atoms with Gasteiger partial charge >= 0.3 is 5.97 Å². The van der Waals surface area contributed by atoms with E-state index in [-0.39, 0.29) is 6.04 Å². The first-order chi connectivity index (χ1) is 8.57. The zero-order chi connectivity index (χ0) is 13.2. The highest BCUT2D eigenvalue weighted by atomic mass is 16.4. The summed E-state index contributed by atoms with van der Waals surface area (Å²) >= 11 is 0. The third-order valence-corrected chi connectivity index (χ3v) is 3.76. The fraction of sp³-hybridized carbons (Fsp3) is 0.533. The molecule has 0 radical (unpaired) electrons. The molecular weight excluding hydrogens is 226 g/mol. The Kier molecular flexibility index (Phi) is 3.71. The van der Waals surface area contributed by atoms with Crippen LogP contribution in [0.5, 0.6) is 0 Å². The smallest absolute Gasteiger partial charge is 0.324 e. The van der Waals surface area contributed by atoms with E-state index in [1.807, 2.05) is 24.3 Å². The highest BCUT2D eigenvalue weighted by Gasteiger charge is 2.44. The molecule has 1 aliphatic rings. The predicted octanol–water partition coefficient (Wildman–Crippen LogP) is 2.39. The third kappa shape index (κ3) is 2.41. The highest BCUT2D eigenvalue weighted by molar-refractivity contribution is 5.81. The van der Waals surface area contributed by atoms with Crippen molar-refractivity contribution in [1.29, 1.82) is 0 Å². The summed E-state index contributed by atoms with van der Waals surface area (Å²) in [6.07, 6.45) is 3.25. The molecule has 3 nitrogen and oxygen atoms in total. The Balaban J connectivity index is 2.19. The van der Waals surface area contributed by atoms with E-state index in [1.54, 1.807) is 0 Å². The van der Waals surface area contributed by atoms with Crippen LogP contribution in [0, 0.1) is 0 Å². The Morgan fingerprint density at radius 2 is 1.94 bits per heavy atom. The Morgan fingerprint density at radius 3 is 2.39 bits per heavy atom. The molecule has 0 fully saturated rings. The second-order valence-corrected chi connectivity index (χ2v) is 5.34. The number of aliphatic carboxylic acids is 1. The zero-order valence-electron chi connectivity index (χ0n) is 11.1. The number of fused-ring (bicyclic) bond motifs is 1. The van der Waals surface area contributed by atoms with Crippen LogP contribution in [0.3, 0.4) is 0 Å². The Bertz CT molecular complexity index is 417. The maximum absolute atomic E-state index is 11.7. The van der Waals surface area contributed by atoms with E-state index < -0.39 is 11.5 Å². The summed E-state index contributed by atoms with van der Waals surface area (Å²) in [6.45, 7) is 4.19. The van der Waals surface area contributed by atoms with Crippen molar-refractivity contribution in [3.8, 4) is 0 Å². The lowest BCUT2D eigenvalue weighted by Gasteiger charge is -2.29. The molecule has 0 saturated carbocycles. The molecule has 98 valence electrons. The van der Waals surface area contributed by atoms with Crippen LogP contribution in [0.1, 0.15) is 37.8 Å². The SMILES string of the molecule is CCCC(C)NC1(C(=O)O)Cc2ccccc2C1. The monoisotopic (exact) mass is 247 g/mol. The minimum absolute atomic E-state index is 0.236. The number of rotatable bonds is 5. The van der Waals surface area contributed by atoms with Crippen LogP contribution in [0.15, 0.2) is 24.3 Å². The lowest BCUT2D eigenvalue weighted by Crippen LogP contribution is -2.56. The molecule has 0 bridgehead atoms. The highest BCUT2D eigenvalue weighted by Crippen LogP contribution is 2.31. The Hall–Kier alpha value is -1.35. The largest absolute Gasteiger partial charge is 0.480 e. The molecule has 0 aliphatic heterocycles. The first-order valence-electron chi connectivity index (χ1n) is 6.65. The Labute approximate surface area is 108 Å². The van der Waals surface area contributed by atoms with Gasteiger partial charge in [-0.25, -0.2) is 0 Å². The summed E-state index contributed by atoms with van der Waals surface area (Å²) in [5.74, 6) is -0.735. The van der Waals surface area contributed by atoms with Crippen molar-refractivity contribution in [2.45, 2.75) is 51.1 Å². The second-order valence-electron chi connectivity index (χ2n) is 5.34. The van der Waals surface area contributed by atoms with Crippen molar-refractivity contribution < 1.29 is 9.90 Å². The van der Waals surface area contributed by atoms with Gasteiger partial charge < -0.3 is 5.11 Å². The standard InChI is InChI=1S/C15H21NO2/c1-3-6-11(2)16-15(14(17)18)9-12-7-4-5-8-13(12)10-15/h4-5,7-8,11,16H,3,6,9-10H2,1-2H3,(H,17,18). The van der Waals surface area contributed by atoms with Crippen LogP contribution in [-0.4, -0.2) is 22.7 Å². The number of carbonyl (C=O) groups is 1. The van der Waals surface area contributed by atoms with E-state index in [1.165, 1.54) is 0 Å². The van der Waals surface area contributed by atoms with Crippen LogP contribution >= 0.6 is 0 Å². The van der Waals surface area contributed by atoms with Crippen molar-refractivity contribution in [2.75, 3.05) is 0 Å². The molecule has 0 aromatic heterocycles. The topological polar surface area (TPSA) is 49.3 Å². The summed E-state index contributed by atoms with van der Waals surface area (Å²) in [6, 6.07) is 8.26.